The van der Waals surface area contributed by atoms with Crippen LogP contribution in [0.15, 0.2) is 0 Å². The van der Waals surface area contributed by atoms with Crippen molar-refractivity contribution < 1.29 is 9.87 Å². The van der Waals surface area contributed by atoms with Crippen LogP contribution in [0.3, 0.4) is 0 Å². The van der Waals surface area contributed by atoms with Gasteiger partial charge in [-0.3, -0.25) is 4.39 Å². The van der Waals surface area contributed by atoms with Gasteiger partial charge in [-0.1, -0.05) is 33.1 Å². The molecule has 0 bridgehead atoms. The number of hydrogen-bond donors (Lipinski definition) is 0. The highest BCUT2D eigenvalue weighted by molar-refractivity contribution is 4.66. The van der Waals surface area contributed by atoms with Gasteiger partial charge >= 0.3 is 0 Å². The van der Waals surface area contributed by atoms with Crippen LogP contribution in [0.5, 0.6) is 0 Å². The van der Waals surface area contributed by atoms with Crippen LogP contribution in [0.2, 0.25) is 0 Å². The molecular formula is C9H21FO. The molecule has 0 aliphatic heterocycles. The summed E-state index contributed by atoms with van der Waals surface area (Å²) in [6.07, 6.45) is 5.90. The van der Waals surface area contributed by atoms with Crippen molar-refractivity contribution in [2.45, 2.75) is 39.5 Å². The Kier molecular flexibility index (Phi) is 9.79. The molecule has 70 valence electrons. The molecule has 2 heteroatoms. The molecule has 1 saturated carbocycles. The third-order valence-electron chi connectivity index (χ3n) is 2.20. The smallest absolute Gasteiger partial charge is 0.0785 e. The minimum atomic E-state index is 0. The summed E-state index contributed by atoms with van der Waals surface area (Å²) >= 11 is 0. The normalized spacial score (nSPS) is 29.5. The Balaban J connectivity index is 0. The van der Waals surface area contributed by atoms with Crippen molar-refractivity contribution in [1.82, 2.24) is 0 Å². The zero-order valence-corrected chi connectivity index (χ0v) is 7.86. The van der Waals surface area contributed by atoms with Crippen LogP contribution in [0.4, 0.5) is 4.39 Å². The molecule has 1 fully saturated rings. The van der Waals surface area contributed by atoms with Crippen molar-refractivity contribution in [3.05, 3.63) is 0 Å². The van der Waals surface area contributed by atoms with E-state index in [1.165, 1.54) is 25.7 Å². The van der Waals surface area contributed by atoms with Crippen molar-refractivity contribution >= 4 is 0 Å². The average molecular weight is 164 g/mol. The summed E-state index contributed by atoms with van der Waals surface area (Å²) in [4.78, 5) is 0. The molecule has 2 unspecified atom stereocenters. The zero-order chi connectivity index (χ0) is 7.98. The highest BCUT2D eigenvalue weighted by Gasteiger charge is 2.13. The van der Waals surface area contributed by atoms with E-state index < -0.39 is 0 Å². The van der Waals surface area contributed by atoms with Crippen LogP contribution in [0.25, 0.3) is 0 Å². The molecule has 0 radical (unpaired) electrons. The van der Waals surface area contributed by atoms with Gasteiger partial charge in [0.05, 0.1) is 7.18 Å². The largest absolute Gasteiger partial charge is 0.412 e. The number of alkyl halides is 1. The standard InChI is InChI=1S/C8H16.CH3F.H2O/c1-7-4-3-5-8(2)6-7;1-2;/h7-8H,3-6H2,1-2H3;1H3;1H2. The van der Waals surface area contributed by atoms with E-state index in [1.807, 2.05) is 0 Å². The summed E-state index contributed by atoms with van der Waals surface area (Å²) in [7, 11) is 0.500. The average Bonchev–Trinajstić information content (AvgIpc) is 1.91. The number of halogens is 1. The minimum absolute atomic E-state index is 0. The Hall–Kier alpha value is -0.110. The zero-order valence-electron chi connectivity index (χ0n) is 7.86. The first-order chi connectivity index (χ1) is 4.79. The van der Waals surface area contributed by atoms with Gasteiger partial charge in [-0.05, 0) is 18.3 Å². The van der Waals surface area contributed by atoms with Crippen molar-refractivity contribution in [3.63, 3.8) is 0 Å². The van der Waals surface area contributed by atoms with E-state index in [0.29, 0.717) is 7.18 Å². The lowest BCUT2D eigenvalue weighted by Gasteiger charge is -2.22. The molecule has 0 aromatic heterocycles. The first-order valence-electron chi connectivity index (χ1n) is 4.17. The van der Waals surface area contributed by atoms with Gasteiger partial charge in [0, 0.05) is 0 Å². The van der Waals surface area contributed by atoms with Crippen molar-refractivity contribution in [1.29, 1.82) is 0 Å². The molecule has 0 aromatic carbocycles. The molecule has 1 aliphatic rings. The van der Waals surface area contributed by atoms with E-state index in [1.54, 1.807) is 0 Å². The first kappa shape index (κ1) is 13.5. The van der Waals surface area contributed by atoms with Crippen LogP contribution in [0.1, 0.15) is 39.5 Å². The van der Waals surface area contributed by atoms with Gasteiger partial charge in [0.1, 0.15) is 0 Å². The van der Waals surface area contributed by atoms with Crippen LogP contribution in [0, 0.1) is 11.8 Å². The van der Waals surface area contributed by atoms with E-state index in [-0.39, 0.29) is 5.48 Å². The molecule has 2 N–H and O–H groups in total. The minimum Gasteiger partial charge on any atom is -0.412 e. The number of rotatable bonds is 0. The Labute approximate surface area is 69.3 Å². The molecule has 2 atom stereocenters. The molecule has 0 amide bonds. The summed E-state index contributed by atoms with van der Waals surface area (Å²) in [5.41, 5.74) is 0. The van der Waals surface area contributed by atoms with E-state index in [2.05, 4.69) is 13.8 Å². The fraction of sp³-hybridized carbons (Fsp3) is 1.00. The van der Waals surface area contributed by atoms with Gasteiger partial charge in [-0.2, -0.15) is 0 Å². The molecule has 0 saturated heterocycles. The van der Waals surface area contributed by atoms with E-state index >= 15 is 0 Å². The van der Waals surface area contributed by atoms with Gasteiger partial charge in [-0.25, -0.2) is 0 Å². The van der Waals surface area contributed by atoms with Gasteiger partial charge in [0.15, 0.2) is 0 Å². The lowest BCUT2D eigenvalue weighted by atomic mass is 9.84. The van der Waals surface area contributed by atoms with Gasteiger partial charge in [0.2, 0.25) is 0 Å². The van der Waals surface area contributed by atoms with Crippen LogP contribution < -0.4 is 0 Å². The SMILES string of the molecule is CC1CCCC(C)C1.CF.O. The lowest BCUT2D eigenvalue weighted by Crippen LogP contribution is -2.09. The third kappa shape index (κ3) is 6.29. The van der Waals surface area contributed by atoms with Crippen LogP contribution in [-0.4, -0.2) is 12.7 Å². The second kappa shape index (κ2) is 7.99. The number of hydrogen-bond acceptors (Lipinski definition) is 0. The Morgan fingerprint density at radius 3 is 1.55 bits per heavy atom. The summed E-state index contributed by atoms with van der Waals surface area (Å²) in [5, 5.41) is 0. The van der Waals surface area contributed by atoms with Gasteiger partial charge in [-0.15, -0.1) is 0 Å². The van der Waals surface area contributed by atoms with Crippen LogP contribution in [-0.2, 0) is 0 Å². The summed E-state index contributed by atoms with van der Waals surface area (Å²) in [6.45, 7) is 4.74. The molecule has 0 heterocycles. The van der Waals surface area contributed by atoms with E-state index in [9.17, 15) is 4.39 Å². The molecule has 0 spiro atoms. The van der Waals surface area contributed by atoms with E-state index in [4.69, 9.17) is 0 Å². The highest BCUT2D eigenvalue weighted by Crippen LogP contribution is 2.27. The molecule has 1 nitrogen and oxygen atoms in total. The third-order valence-corrected chi connectivity index (χ3v) is 2.20. The molecule has 1 rings (SSSR count). The first-order valence-corrected chi connectivity index (χ1v) is 4.17. The Morgan fingerprint density at radius 1 is 1.00 bits per heavy atom. The maximum Gasteiger partial charge on any atom is 0.0785 e. The molecule has 1 aliphatic carbocycles. The van der Waals surface area contributed by atoms with E-state index in [0.717, 1.165) is 11.8 Å². The highest BCUT2D eigenvalue weighted by atomic mass is 19.1. The topological polar surface area (TPSA) is 31.5 Å². The second-order valence-electron chi connectivity index (χ2n) is 3.38. The second-order valence-corrected chi connectivity index (χ2v) is 3.38. The predicted octanol–water partition coefficient (Wildman–Crippen LogP) is 2.59. The quantitative estimate of drug-likeness (QED) is 0.527. The summed E-state index contributed by atoms with van der Waals surface area (Å²) < 4.78 is 9.50. The monoisotopic (exact) mass is 164 g/mol. The van der Waals surface area contributed by atoms with Crippen molar-refractivity contribution in [2.75, 3.05) is 7.18 Å². The van der Waals surface area contributed by atoms with Gasteiger partial charge in [0.25, 0.3) is 0 Å². The lowest BCUT2D eigenvalue weighted by molar-refractivity contribution is 0.301. The maximum absolute atomic E-state index is 9.50. The Morgan fingerprint density at radius 2 is 1.36 bits per heavy atom. The fourth-order valence-corrected chi connectivity index (χ4v) is 1.74. The fourth-order valence-electron chi connectivity index (χ4n) is 1.74. The molecule has 0 aromatic rings. The van der Waals surface area contributed by atoms with Crippen LogP contribution >= 0.6 is 0 Å². The predicted molar refractivity (Wildman–Crippen MR) is 47.4 cm³/mol. The summed E-state index contributed by atoms with van der Waals surface area (Å²) in [6, 6.07) is 0. The van der Waals surface area contributed by atoms with Crippen molar-refractivity contribution in [2.24, 2.45) is 11.8 Å². The Bertz CT molecular complexity index is 68.0. The molecule has 11 heavy (non-hydrogen) atoms. The van der Waals surface area contributed by atoms with Gasteiger partial charge < -0.3 is 5.48 Å². The summed E-state index contributed by atoms with van der Waals surface area (Å²) in [5.74, 6) is 2.03. The maximum atomic E-state index is 9.50. The molecular weight excluding hydrogens is 143 g/mol. The van der Waals surface area contributed by atoms with Crippen molar-refractivity contribution in [3.8, 4) is 0 Å².